The van der Waals surface area contributed by atoms with E-state index >= 15 is 0 Å². The molecule has 2 heterocycles. The van der Waals surface area contributed by atoms with Crippen LogP contribution < -0.4 is 0 Å². The van der Waals surface area contributed by atoms with Gasteiger partial charge in [0.25, 0.3) is 23.6 Å². The molecular weight excluding hydrogens is 396 g/mol. The lowest BCUT2D eigenvalue weighted by atomic mass is 10.1. The van der Waals surface area contributed by atoms with Crippen LogP contribution in [0.5, 0.6) is 0 Å². The summed E-state index contributed by atoms with van der Waals surface area (Å²) in [5.74, 6) is -1.30. The van der Waals surface area contributed by atoms with E-state index in [2.05, 4.69) is 0 Å². The molecule has 0 unspecified atom stereocenters. The number of rotatable bonds is 5. The molecule has 6 nitrogen and oxygen atoms in total. The van der Waals surface area contributed by atoms with Crippen LogP contribution in [0.1, 0.15) is 55.3 Å². The molecule has 0 N–H and O–H groups in total. The van der Waals surface area contributed by atoms with Gasteiger partial charge in [-0.1, -0.05) is 45.9 Å². The van der Waals surface area contributed by atoms with Gasteiger partial charge in [-0.25, -0.2) is 0 Å². The average molecular weight is 412 g/mol. The summed E-state index contributed by atoms with van der Waals surface area (Å²) < 4.78 is 0. The number of imide groups is 2. The molecule has 2 atom stereocenters. The van der Waals surface area contributed by atoms with E-state index in [0.29, 0.717) is 22.3 Å². The van der Waals surface area contributed by atoms with Crippen LogP contribution in [0.3, 0.4) is 0 Å². The second-order valence-electron chi connectivity index (χ2n) is 6.44. The van der Waals surface area contributed by atoms with Crippen LogP contribution in [0.4, 0.5) is 0 Å². The molecule has 2 aliphatic rings. The standard InChI is InChI=1S/C20H16N2O4S2/c1-11(21-17(23)13-7-3-4-8-14(13)18(21)24)27-28-12(2)22-19(25)15-9-5-6-10-16(15)20(22)26/h3-12H,1-2H3/t11-,12-/m0/s1. The van der Waals surface area contributed by atoms with Crippen LogP contribution >= 0.6 is 21.6 Å². The van der Waals surface area contributed by atoms with Crippen molar-refractivity contribution in [2.45, 2.75) is 24.6 Å². The van der Waals surface area contributed by atoms with E-state index in [0.717, 1.165) is 0 Å². The van der Waals surface area contributed by atoms with Crippen molar-refractivity contribution >= 4 is 45.2 Å². The minimum atomic E-state index is -0.449. The zero-order valence-electron chi connectivity index (χ0n) is 15.1. The average Bonchev–Trinajstić information content (AvgIpc) is 3.11. The molecule has 4 rings (SSSR count). The first kappa shape index (κ1) is 18.8. The maximum absolute atomic E-state index is 12.6. The molecule has 0 aromatic heterocycles. The third-order valence-corrected chi connectivity index (χ3v) is 7.81. The first-order valence-corrected chi connectivity index (χ1v) is 11.0. The lowest BCUT2D eigenvalue weighted by Crippen LogP contribution is -2.37. The van der Waals surface area contributed by atoms with E-state index in [1.807, 2.05) is 0 Å². The van der Waals surface area contributed by atoms with Crippen LogP contribution in [0.25, 0.3) is 0 Å². The summed E-state index contributed by atoms with van der Waals surface area (Å²) in [6.07, 6.45) is 0. The summed E-state index contributed by atoms with van der Waals surface area (Å²) in [7, 11) is 2.57. The van der Waals surface area contributed by atoms with Crippen molar-refractivity contribution in [2.24, 2.45) is 0 Å². The molecule has 8 heteroatoms. The van der Waals surface area contributed by atoms with Gasteiger partial charge in [0.2, 0.25) is 0 Å². The summed E-state index contributed by atoms with van der Waals surface area (Å²) in [6, 6.07) is 13.5. The normalized spacial score (nSPS) is 17.8. The highest BCUT2D eigenvalue weighted by molar-refractivity contribution is 8.77. The van der Waals surface area contributed by atoms with E-state index in [1.165, 1.54) is 31.4 Å². The first-order valence-electron chi connectivity index (χ1n) is 8.67. The molecule has 0 spiro atoms. The van der Waals surface area contributed by atoms with Crippen molar-refractivity contribution in [3.63, 3.8) is 0 Å². The van der Waals surface area contributed by atoms with E-state index in [-0.39, 0.29) is 23.6 Å². The topological polar surface area (TPSA) is 74.8 Å². The lowest BCUT2D eigenvalue weighted by molar-refractivity contribution is 0.0628. The van der Waals surface area contributed by atoms with E-state index in [9.17, 15) is 19.2 Å². The molecule has 0 saturated carbocycles. The number of nitrogens with zero attached hydrogens (tertiary/aromatic N) is 2. The number of amides is 4. The molecule has 28 heavy (non-hydrogen) atoms. The molecule has 0 aliphatic carbocycles. The third kappa shape index (κ3) is 2.84. The minimum absolute atomic E-state index is 0.324. The van der Waals surface area contributed by atoms with Crippen molar-refractivity contribution in [3.8, 4) is 0 Å². The smallest absolute Gasteiger partial charge is 0.262 e. The number of carbonyl (C=O) groups excluding carboxylic acids is 4. The van der Waals surface area contributed by atoms with Gasteiger partial charge in [0.1, 0.15) is 0 Å². The van der Waals surface area contributed by atoms with Crippen LogP contribution in [-0.2, 0) is 0 Å². The molecule has 0 bridgehead atoms. The van der Waals surface area contributed by atoms with Gasteiger partial charge in [-0.2, -0.15) is 0 Å². The summed E-state index contributed by atoms with van der Waals surface area (Å²) in [5, 5.41) is -0.898. The van der Waals surface area contributed by atoms with E-state index < -0.39 is 10.7 Å². The highest BCUT2D eigenvalue weighted by atomic mass is 33.1. The van der Waals surface area contributed by atoms with Gasteiger partial charge in [-0.15, -0.1) is 0 Å². The molecule has 0 saturated heterocycles. The number of fused-ring (bicyclic) bond motifs is 2. The number of hydrogen-bond donors (Lipinski definition) is 0. The second kappa shape index (κ2) is 7.10. The summed E-state index contributed by atoms with van der Waals surface area (Å²) in [4.78, 5) is 52.7. The second-order valence-corrected chi connectivity index (χ2v) is 9.35. The maximum atomic E-state index is 12.6. The molecule has 2 aromatic rings. The zero-order valence-corrected chi connectivity index (χ0v) is 16.8. The predicted octanol–water partition coefficient (Wildman–Crippen LogP) is 3.65. The Hall–Kier alpha value is -2.58. The number of hydrogen-bond acceptors (Lipinski definition) is 6. The Bertz CT molecular complexity index is 871. The summed E-state index contributed by atoms with van der Waals surface area (Å²) in [6.45, 7) is 3.52. The third-order valence-electron chi connectivity index (χ3n) is 4.71. The Labute approximate surface area is 169 Å². The van der Waals surface area contributed by atoms with Crippen LogP contribution in [0, 0.1) is 0 Å². The van der Waals surface area contributed by atoms with Gasteiger partial charge in [0, 0.05) is 0 Å². The van der Waals surface area contributed by atoms with E-state index in [1.54, 1.807) is 62.4 Å². The van der Waals surface area contributed by atoms with Gasteiger partial charge < -0.3 is 0 Å². The van der Waals surface area contributed by atoms with Gasteiger partial charge in [0.05, 0.1) is 33.0 Å². The Morgan fingerprint density at radius 1 is 0.571 bits per heavy atom. The van der Waals surface area contributed by atoms with Crippen molar-refractivity contribution in [1.29, 1.82) is 0 Å². The fourth-order valence-electron chi connectivity index (χ4n) is 3.32. The summed E-state index contributed by atoms with van der Waals surface area (Å²) >= 11 is 0. The zero-order chi connectivity index (χ0) is 20.0. The molecule has 142 valence electrons. The van der Waals surface area contributed by atoms with Crippen molar-refractivity contribution in [3.05, 3.63) is 70.8 Å². The Balaban J connectivity index is 1.44. The quantitative estimate of drug-likeness (QED) is 0.551. The van der Waals surface area contributed by atoms with Crippen LogP contribution in [0.2, 0.25) is 0 Å². The Morgan fingerprint density at radius 3 is 1.07 bits per heavy atom. The van der Waals surface area contributed by atoms with Crippen LogP contribution in [0.15, 0.2) is 48.5 Å². The molecule has 4 amide bonds. The monoisotopic (exact) mass is 412 g/mol. The van der Waals surface area contributed by atoms with Gasteiger partial charge in [-0.3, -0.25) is 29.0 Å². The van der Waals surface area contributed by atoms with Gasteiger partial charge >= 0.3 is 0 Å². The number of benzene rings is 2. The molecule has 0 fully saturated rings. The van der Waals surface area contributed by atoms with Crippen molar-refractivity contribution in [2.75, 3.05) is 0 Å². The molecule has 2 aliphatic heterocycles. The first-order chi connectivity index (χ1) is 13.4. The fraction of sp³-hybridized carbons (Fsp3) is 0.200. The molecule has 2 aromatic carbocycles. The SMILES string of the molecule is C[C@H](SS[C@@H](C)N1C(=O)c2ccccc2C1=O)N1C(=O)c2ccccc2C1=O. The van der Waals surface area contributed by atoms with Gasteiger partial charge in [0.15, 0.2) is 0 Å². The van der Waals surface area contributed by atoms with Gasteiger partial charge in [-0.05, 0) is 38.1 Å². The largest absolute Gasteiger partial charge is 0.269 e. The van der Waals surface area contributed by atoms with Crippen molar-refractivity contribution < 1.29 is 19.2 Å². The van der Waals surface area contributed by atoms with E-state index in [4.69, 9.17) is 0 Å². The predicted molar refractivity (Wildman–Crippen MR) is 108 cm³/mol. The fourth-order valence-corrected chi connectivity index (χ4v) is 5.68. The summed E-state index contributed by atoms with van der Waals surface area (Å²) in [5.41, 5.74) is 1.60. The van der Waals surface area contributed by atoms with Crippen LogP contribution in [-0.4, -0.2) is 44.2 Å². The lowest BCUT2D eigenvalue weighted by Gasteiger charge is -2.25. The minimum Gasteiger partial charge on any atom is -0.269 e. The Kier molecular flexibility index (Phi) is 4.76. The highest BCUT2D eigenvalue weighted by Crippen LogP contribution is 2.39. The Morgan fingerprint density at radius 2 is 0.821 bits per heavy atom. The van der Waals surface area contributed by atoms with Crippen molar-refractivity contribution in [1.82, 2.24) is 9.80 Å². The highest BCUT2D eigenvalue weighted by Gasteiger charge is 2.41. The molecule has 0 radical (unpaired) electrons. The molecular formula is C20H16N2O4S2. The maximum Gasteiger partial charge on any atom is 0.262 e. The number of carbonyl (C=O) groups is 4.